The first-order valence-corrected chi connectivity index (χ1v) is 11.0. The van der Waals surface area contributed by atoms with Gasteiger partial charge in [-0.1, -0.05) is 13.0 Å². The second-order valence-electron chi connectivity index (χ2n) is 7.02. The topological polar surface area (TPSA) is 102 Å². The Balaban J connectivity index is 1.61. The van der Waals surface area contributed by atoms with Crippen LogP contribution in [0.5, 0.6) is 11.5 Å². The van der Waals surface area contributed by atoms with Gasteiger partial charge < -0.3 is 14.8 Å². The molecule has 160 valence electrons. The largest absolute Gasteiger partial charge is 0.493 e. The van der Waals surface area contributed by atoms with Gasteiger partial charge in [0, 0.05) is 12.1 Å². The Morgan fingerprint density at radius 1 is 1.10 bits per heavy atom. The fourth-order valence-corrected chi connectivity index (χ4v) is 5.11. The summed E-state index contributed by atoms with van der Waals surface area (Å²) < 4.78 is 35.6. The van der Waals surface area contributed by atoms with Gasteiger partial charge in [0.1, 0.15) is 0 Å². The number of nitrogens with zero attached hydrogens (tertiary/aromatic N) is 1. The van der Waals surface area contributed by atoms with Crippen LogP contribution in [0.3, 0.4) is 0 Å². The molecule has 2 amide bonds. The Hall–Kier alpha value is -3.07. The number of benzene rings is 2. The smallest absolute Gasteiger partial charge is 0.251 e. The molecule has 3 rings (SSSR count). The fourth-order valence-electron chi connectivity index (χ4n) is 3.29. The van der Waals surface area contributed by atoms with Crippen LogP contribution in [0.2, 0.25) is 0 Å². The molecule has 30 heavy (non-hydrogen) atoms. The molecule has 0 radical (unpaired) electrons. The number of nitrogens with one attached hydrogen (secondary N) is 1. The predicted octanol–water partition coefficient (Wildman–Crippen LogP) is 1.99. The molecule has 0 spiro atoms. The SMILES string of the molecule is COc1ccc(CCNC(=O)c2ccc(N3C(=O)C(C)CS3(=O)=O)cc2)cc1OC. The lowest BCUT2D eigenvalue weighted by molar-refractivity contribution is -0.119. The molecule has 8 nitrogen and oxygen atoms in total. The first kappa shape index (κ1) is 21.6. The van der Waals surface area contributed by atoms with E-state index in [1.54, 1.807) is 21.1 Å². The first-order valence-electron chi connectivity index (χ1n) is 9.43. The van der Waals surface area contributed by atoms with Crippen molar-refractivity contribution in [3.8, 4) is 11.5 Å². The van der Waals surface area contributed by atoms with Crippen LogP contribution >= 0.6 is 0 Å². The summed E-state index contributed by atoms with van der Waals surface area (Å²) in [7, 11) is -0.531. The van der Waals surface area contributed by atoms with E-state index in [9.17, 15) is 18.0 Å². The van der Waals surface area contributed by atoms with E-state index < -0.39 is 21.8 Å². The molecular formula is C21H24N2O6S. The Morgan fingerprint density at radius 3 is 2.33 bits per heavy atom. The molecule has 9 heteroatoms. The number of amides is 2. The standard InChI is InChI=1S/C21H24N2O6S/c1-14-13-30(26,27)23(21(14)25)17-7-5-16(6-8-17)20(24)22-11-10-15-4-9-18(28-2)19(12-15)29-3/h4-9,12,14H,10-11,13H2,1-3H3,(H,22,24). The highest BCUT2D eigenvalue weighted by Crippen LogP contribution is 2.29. The lowest BCUT2D eigenvalue weighted by Crippen LogP contribution is -2.30. The Morgan fingerprint density at radius 2 is 1.77 bits per heavy atom. The van der Waals surface area contributed by atoms with Crippen LogP contribution in [0.25, 0.3) is 0 Å². The van der Waals surface area contributed by atoms with E-state index in [2.05, 4.69) is 5.32 Å². The summed E-state index contributed by atoms with van der Waals surface area (Å²) in [5.74, 6) is -0.261. The molecule has 1 atom stereocenters. The Bertz CT molecular complexity index is 1050. The Kier molecular flexibility index (Phi) is 6.31. The first-order chi connectivity index (χ1) is 14.3. The number of carbonyl (C=O) groups is 2. The zero-order valence-electron chi connectivity index (χ0n) is 17.0. The molecule has 1 saturated heterocycles. The van der Waals surface area contributed by atoms with Gasteiger partial charge in [0.25, 0.3) is 5.91 Å². The number of anilines is 1. The van der Waals surface area contributed by atoms with E-state index in [1.165, 1.54) is 24.3 Å². The summed E-state index contributed by atoms with van der Waals surface area (Å²) in [5.41, 5.74) is 1.60. The van der Waals surface area contributed by atoms with Gasteiger partial charge in [0.15, 0.2) is 11.5 Å². The van der Waals surface area contributed by atoms with Gasteiger partial charge in [0.2, 0.25) is 15.9 Å². The van der Waals surface area contributed by atoms with Crippen LogP contribution in [0, 0.1) is 5.92 Å². The summed E-state index contributed by atoms with van der Waals surface area (Å²) in [5, 5.41) is 2.82. The van der Waals surface area contributed by atoms with Crippen molar-refractivity contribution in [2.75, 3.05) is 30.8 Å². The zero-order valence-corrected chi connectivity index (χ0v) is 17.9. The highest BCUT2D eigenvalue weighted by atomic mass is 32.2. The molecule has 1 aliphatic rings. The number of methoxy groups -OCH3 is 2. The van der Waals surface area contributed by atoms with Crippen LogP contribution in [0.1, 0.15) is 22.8 Å². The van der Waals surface area contributed by atoms with Gasteiger partial charge in [-0.3, -0.25) is 9.59 Å². The highest BCUT2D eigenvalue weighted by molar-refractivity contribution is 7.94. The minimum absolute atomic E-state index is 0.204. The average Bonchev–Trinajstić information content (AvgIpc) is 2.94. The maximum absolute atomic E-state index is 12.4. The molecule has 1 aliphatic heterocycles. The summed E-state index contributed by atoms with van der Waals surface area (Å²) in [6.07, 6.45) is 0.600. The van der Waals surface area contributed by atoms with E-state index in [0.29, 0.717) is 30.0 Å². The summed E-state index contributed by atoms with van der Waals surface area (Å²) in [6.45, 7) is 1.99. The third-order valence-electron chi connectivity index (χ3n) is 4.87. The fraction of sp³-hybridized carbons (Fsp3) is 0.333. The van der Waals surface area contributed by atoms with Gasteiger partial charge >= 0.3 is 0 Å². The van der Waals surface area contributed by atoms with E-state index in [1.807, 2.05) is 18.2 Å². The minimum atomic E-state index is -3.66. The number of rotatable bonds is 7. The van der Waals surface area contributed by atoms with Crippen molar-refractivity contribution in [3.63, 3.8) is 0 Å². The third-order valence-corrected chi connectivity index (χ3v) is 6.74. The van der Waals surface area contributed by atoms with Crippen LogP contribution < -0.4 is 19.1 Å². The molecule has 1 fully saturated rings. The molecule has 0 bridgehead atoms. The van der Waals surface area contributed by atoms with Crippen molar-refractivity contribution in [1.29, 1.82) is 0 Å². The van der Waals surface area contributed by atoms with E-state index in [-0.39, 0.29) is 17.3 Å². The quantitative estimate of drug-likeness (QED) is 0.718. The maximum atomic E-state index is 12.4. The summed E-state index contributed by atoms with van der Waals surface area (Å²) >= 11 is 0. The molecule has 0 aliphatic carbocycles. The minimum Gasteiger partial charge on any atom is -0.493 e. The molecule has 1 heterocycles. The van der Waals surface area contributed by atoms with Crippen LogP contribution in [-0.2, 0) is 21.2 Å². The van der Waals surface area contributed by atoms with Crippen molar-refractivity contribution in [3.05, 3.63) is 53.6 Å². The highest BCUT2D eigenvalue weighted by Gasteiger charge is 2.41. The van der Waals surface area contributed by atoms with E-state index >= 15 is 0 Å². The number of hydrogen-bond donors (Lipinski definition) is 1. The van der Waals surface area contributed by atoms with Gasteiger partial charge in [-0.15, -0.1) is 0 Å². The van der Waals surface area contributed by atoms with E-state index in [4.69, 9.17) is 9.47 Å². The van der Waals surface area contributed by atoms with Crippen LogP contribution in [0.15, 0.2) is 42.5 Å². The van der Waals surface area contributed by atoms with Crippen molar-refractivity contribution in [1.82, 2.24) is 5.32 Å². The number of hydrogen-bond acceptors (Lipinski definition) is 6. The molecule has 1 unspecified atom stereocenters. The molecule has 0 aromatic heterocycles. The van der Waals surface area contributed by atoms with Gasteiger partial charge in [-0.25, -0.2) is 12.7 Å². The van der Waals surface area contributed by atoms with Gasteiger partial charge in [-0.05, 0) is 48.4 Å². The summed E-state index contributed by atoms with van der Waals surface area (Å²) in [6, 6.07) is 11.5. The number of ether oxygens (including phenoxy) is 2. The van der Waals surface area contributed by atoms with Crippen LogP contribution in [0.4, 0.5) is 5.69 Å². The average molecular weight is 432 g/mol. The normalized spacial score (nSPS) is 17.6. The predicted molar refractivity (Wildman–Crippen MR) is 112 cm³/mol. The van der Waals surface area contributed by atoms with Crippen molar-refractivity contribution < 1.29 is 27.5 Å². The Labute approximate surface area is 175 Å². The van der Waals surface area contributed by atoms with Gasteiger partial charge in [-0.2, -0.15) is 0 Å². The zero-order chi connectivity index (χ0) is 21.9. The lowest BCUT2D eigenvalue weighted by atomic mass is 10.1. The van der Waals surface area contributed by atoms with Crippen molar-refractivity contribution in [2.24, 2.45) is 5.92 Å². The molecule has 1 N–H and O–H groups in total. The molecule has 2 aromatic rings. The lowest BCUT2D eigenvalue weighted by Gasteiger charge is -2.15. The second-order valence-corrected chi connectivity index (χ2v) is 8.89. The van der Waals surface area contributed by atoms with Crippen molar-refractivity contribution >= 4 is 27.5 Å². The van der Waals surface area contributed by atoms with Crippen molar-refractivity contribution in [2.45, 2.75) is 13.3 Å². The van der Waals surface area contributed by atoms with E-state index in [0.717, 1.165) is 9.87 Å². The monoisotopic (exact) mass is 432 g/mol. The molecular weight excluding hydrogens is 408 g/mol. The number of sulfonamides is 1. The van der Waals surface area contributed by atoms with Gasteiger partial charge in [0.05, 0.1) is 31.6 Å². The van der Waals surface area contributed by atoms with Crippen LogP contribution in [-0.4, -0.2) is 46.7 Å². The maximum Gasteiger partial charge on any atom is 0.251 e. The third kappa shape index (κ3) is 4.40. The number of carbonyl (C=O) groups excluding carboxylic acids is 2. The summed E-state index contributed by atoms with van der Waals surface area (Å²) in [4.78, 5) is 24.5. The second kappa shape index (κ2) is 8.74. The molecule has 2 aromatic carbocycles. The molecule has 0 saturated carbocycles.